The molecule has 21 heavy (non-hydrogen) atoms. The lowest BCUT2D eigenvalue weighted by Gasteiger charge is -2.27. The first-order valence-corrected chi connectivity index (χ1v) is 7.50. The van der Waals surface area contributed by atoms with E-state index in [4.69, 9.17) is 5.11 Å². The molecule has 1 fully saturated rings. The highest BCUT2D eigenvalue weighted by Gasteiger charge is 2.35. The first-order valence-electron chi connectivity index (χ1n) is 7.50. The SMILES string of the molecule is CC1(C)CCCC1NC(=O)CCc1ccc(C(=O)O)cc1. The molecule has 1 amide bonds. The van der Waals surface area contributed by atoms with Crippen molar-refractivity contribution < 1.29 is 14.7 Å². The summed E-state index contributed by atoms with van der Waals surface area (Å²) in [4.78, 5) is 22.8. The number of benzene rings is 1. The van der Waals surface area contributed by atoms with Gasteiger partial charge in [-0.25, -0.2) is 4.79 Å². The van der Waals surface area contributed by atoms with Crippen molar-refractivity contribution in [2.45, 2.75) is 52.0 Å². The van der Waals surface area contributed by atoms with Crippen molar-refractivity contribution in [1.82, 2.24) is 5.32 Å². The third-order valence-corrected chi connectivity index (χ3v) is 4.43. The molecule has 1 atom stereocenters. The maximum Gasteiger partial charge on any atom is 0.335 e. The Morgan fingerprint density at radius 1 is 1.29 bits per heavy atom. The van der Waals surface area contributed by atoms with E-state index in [-0.39, 0.29) is 22.9 Å². The molecule has 1 aromatic rings. The van der Waals surface area contributed by atoms with E-state index in [2.05, 4.69) is 19.2 Å². The van der Waals surface area contributed by atoms with Crippen molar-refractivity contribution in [2.24, 2.45) is 5.41 Å². The summed E-state index contributed by atoms with van der Waals surface area (Å²) in [5, 5.41) is 12.0. The molecule has 0 heterocycles. The predicted octanol–water partition coefficient (Wildman–Crippen LogP) is 3.01. The smallest absolute Gasteiger partial charge is 0.335 e. The second-order valence-electron chi connectivity index (χ2n) is 6.50. The van der Waals surface area contributed by atoms with Crippen LogP contribution in [0.2, 0.25) is 0 Å². The summed E-state index contributed by atoms with van der Waals surface area (Å²) in [5.41, 5.74) is 1.45. The number of nitrogens with one attached hydrogen (secondary N) is 1. The molecule has 1 unspecified atom stereocenters. The highest BCUT2D eigenvalue weighted by molar-refractivity contribution is 5.87. The highest BCUT2D eigenvalue weighted by atomic mass is 16.4. The fourth-order valence-electron chi connectivity index (χ4n) is 2.93. The molecule has 4 heteroatoms. The number of hydrogen-bond donors (Lipinski definition) is 2. The van der Waals surface area contributed by atoms with E-state index >= 15 is 0 Å². The van der Waals surface area contributed by atoms with Crippen molar-refractivity contribution in [3.05, 3.63) is 35.4 Å². The van der Waals surface area contributed by atoms with Crippen molar-refractivity contribution in [3.8, 4) is 0 Å². The number of aryl methyl sites for hydroxylation is 1. The lowest BCUT2D eigenvalue weighted by atomic mass is 9.87. The minimum Gasteiger partial charge on any atom is -0.478 e. The molecule has 0 spiro atoms. The van der Waals surface area contributed by atoms with Crippen LogP contribution in [-0.2, 0) is 11.2 Å². The number of carboxylic acids is 1. The monoisotopic (exact) mass is 289 g/mol. The number of carboxylic acid groups (broad SMARTS) is 1. The molecule has 114 valence electrons. The molecule has 0 saturated heterocycles. The summed E-state index contributed by atoms with van der Waals surface area (Å²) < 4.78 is 0. The maximum absolute atomic E-state index is 12.0. The van der Waals surface area contributed by atoms with E-state index in [0.717, 1.165) is 18.4 Å². The van der Waals surface area contributed by atoms with Crippen molar-refractivity contribution in [1.29, 1.82) is 0 Å². The van der Waals surface area contributed by atoms with Gasteiger partial charge in [-0.15, -0.1) is 0 Å². The minimum atomic E-state index is -0.928. The Hall–Kier alpha value is -1.84. The Balaban J connectivity index is 1.82. The summed E-state index contributed by atoms with van der Waals surface area (Å²) in [7, 11) is 0. The topological polar surface area (TPSA) is 66.4 Å². The number of carbonyl (C=O) groups is 2. The van der Waals surface area contributed by atoms with Gasteiger partial charge in [-0.05, 0) is 42.4 Å². The van der Waals surface area contributed by atoms with Crippen LogP contribution in [0.3, 0.4) is 0 Å². The fraction of sp³-hybridized carbons (Fsp3) is 0.529. The number of carbonyl (C=O) groups excluding carboxylic acids is 1. The zero-order chi connectivity index (χ0) is 15.5. The van der Waals surface area contributed by atoms with Gasteiger partial charge in [-0.2, -0.15) is 0 Å². The Bertz CT molecular complexity index is 519. The van der Waals surface area contributed by atoms with Gasteiger partial charge in [-0.3, -0.25) is 4.79 Å². The molecule has 4 nitrogen and oxygen atoms in total. The molecule has 0 aliphatic heterocycles. The fourth-order valence-corrected chi connectivity index (χ4v) is 2.93. The Morgan fingerprint density at radius 3 is 2.48 bits per heavy atom. The van der Waals surface area contributed by atoms with Crippen molar-refractivity contribution in [2.75, 3.05) is 0 Å². The zero-order valence-corrected chi connectivity index (χ0v) is 12.7. The quantitative estimate of drug-likeness (QED) is 0.875. The summed E-state index contributed by atoms with van der Waals surface area (Å²) in [6, 6.07) is 6.98. The van der Waals surface area contributed by atoms with E-state index < -0.39 is 5.97 Å². The number of rotatable bonds is 5. The normalized spacial score (nSPS) is 20.2. The first-order chi connectivity index (χ1) is 9.88. The second kappa shape index (κ2) is 6.29. The molecule has 1 aliphatic rings. The van der Waals surface area contributed by atoms with Crippen LogP contribution in [0.4, 0.5) is 0 Å². The van der Waals surface area contributed by atoms with Gasteiger partial charge < -0.3 is 10.4 Å². The lowest BCUT2D eigenvalue weighted by molar-refractivity contribution is -0.122. The van der Waals surface area contributed by atoms with E-state index in [1.807, 2.05) is 0 Å². The maximum atomic E-state index is 12.0. The molecule has 0 aromatic heterocycles. The average Bonchev–Trinajstić information content (AvgIpc) is 2.76. The van der Waals surface area contributed by atoms with Crippen LogP contribution in [0.25, 0.3) is 0 Å². The molecular formula is C17H23NO3. The standard InChI is InChI=1S/C17H23NO3/c1-17(2)11-3-4-14(17)18-15(19)10-7-12-5-8-13(9-6-12)16(20)21/h5-6,8-9,14H,3-4,7,10-11H2,1-2H3,(H,18,19)(H,20,21). The molecule has 2 N–H and O–H groups in total. The summed E-state index contributed by atoms with van der Waals surface area (Å²) in [5.74, 6) is -0.847. The van der Waals surface area contributed by atoms with Gasteiger partial charge >= 0.3 is 5.97 Å². The zero-order valence-electron chi connectivity index (χ0n) is 12.7. The predicted molar refractivity (Wildman–Crippen MR) is 81.3 cm³/mol. The van der Waals surface area contributed by atoms with Gasteiger partial charge in [0.2, 0.25) is 5.91 Å². The van der Waals surface area contributed by atoms with Gasteiger partial charge in [0.25, 0.3) is 0 Å². The first kappa shape index (κ1) is 15.5. The summed E-state index contributed by atoms with van der Waals surface area (Å²) in [6.07, 6.45) is 4.48. The molecular weight excluding hydrogens is 266 g/mol. The lowest BCUT2D eigenvalue weighted by Crippen LogP contribution is -2.41. The molecule has 1 aliphatic carbocycles. The van der Waals surface area contributed by atoms with Crippen LogP contribution in [0.15, 0.2) is 24.3 Å². The molecule has 1 aromatic carbocycles. The molecule has 2 rings (SSSR count). The Labute approximate surface area is 125 Å². The Morgan fingerprint density at radius 2 is 1.95 bits per heavy atom. The largest absolute Gasteiger partial charge is 0.478 e. The van der Waals surface area contributed by atoms with E-state index in [1.54, 1.807) is 24.3 Å². The second-order valence-corrected chi connectivity index (χ2v) is 6.50. The van der Waals surface area contributed by atoms with E-state index in [9.17, 15) is 9.59 Å². The summed E-state index contributed by atoms with van der Waals surface area (Å²) in [6.45, 7) is 4.41. The van der Waals surface area contributed by atoms with Crippen LogP contribution >= 0.6 is 0 Å². The van der Waals surface area contributed by atoms with Gasteiger partial charge in [0, 0.05) is 12.5 Å². The number of hydrogen-bond acceptors (Lipinski definition) is 2. The van der Waals surface area contributed by atoms with E-state index in [0.29, 0.717) is 12.8 Å². The van der Waals surface area contributed by atoms with Gasteiger partial charge in [0.05, 0.1) is 5.56 Å². The molecule has 0 bridgehead atoms. The van der Waals surface area contributed by atoms with Gasteiger partial charge in [-0.1, -0.05) is 32.4 Å². The van der Waals surface area contributed by atoms with Crippen LogP contribution in [0, 0.1) is 5.41 Å². The number of aromatic carboxylic acids is 1. The third kappa shape index (κ3) is 4.06. The highest BCUT2D eigenvalue weighted by Crippen LogP contribution is 2.37. The van der Waals surface area contributed by atoms with Crippen LogP contribution < -0.4 is 5.32 Å². The van der Waals surface area contributed by atoms with Gasteiger partial charge in [0.1, 0.15) is 0 Å². The van der Waals surface area contributed by atoms with Crippen LogP contribution in [0.5, 0.6) is 0 Å². The van der Waals surface area contributed by atoms with Crippen LogP contribution in [-0.4, -0.2) is 23.0 Å². The summed E-state index contributed by atoms with van der Waals surface area (Å²) >= 11 is 0. The van der Waals surface area contributed by atoms with Crippen molar-refractivity contribution >= 4 is 11.9 Å². The third-order valence-electron chi connectivity index (χ3n) is 4.43. The van der Waals surface area contributed by atoms with Gasteiger partial charge in [0.15, 0.2) is 0 Å². The van der Waals surface area contributed by atoms with E-state index in [1.165, 1.54) is 6.42 Å². The minimum absolute atomic E-state index is 0.0808. The molecule has 0 radical (unpaired) electrons. The number of amides is 1. The Kier molecular flexibility index (Phi) is 4.66. The van der Waals surface area contributed by atoms with Crippen molar-refractivity contribution in [3.63, 3.8) is 0 Å². The van der Waals surface area contributed by atoms with Crippen LogP contribution in [0.1, 0.15) is 55.5 Å². The average molecular weight is 289 g/mol. The molecule has 1 saturated carbocycles.